The average Bonchev–Trinajstić information content (AvgIpc) is 2.79. The van der Waals surface area contributed by atoms with Gasteiger partial charge in [-0.15, -0.1) is 0 Å². The largest absolute Gasteiger partial charge is 0.486 e. The van der Waals surface area contributed by atoms with Gasteiger partial charge in [-0.3, -0.25) is 20.0 Å². The summed E-state index contributed by atoms with van der Waals surface area (Å²) >= 11 is 0. The Bertz CT molecular complexity index is 947. The van der Waals surface area contributed by atoms with Crippen LogP contribution in [0.1, 0.15) is 10.4 Å². The van der Waals surface area contributed by atoms with Gasteiger partial charge in [0.2, 0.25) is 5.96 Å². The molecule has 2 N–H and O–H groups in total. The number of carbonyl (C=O) groups excluding carboxylic acids is 1. The van der Waals surface area contributed by atoms with E-state index in [1.54, 1.807) is 18.2 Å². The Labute approximate surface area is 180 Å². The third-order valence-electron chi connectivity index (χ3n) is 4.91. The molecule has 0 radical (unpaired) electrons. The van der Waals surface area contributed by atoms with E-state index in [1.807, 2.05) is 6.07 Å². The van der Waals surface area contributed by atoms with Crippen LogP contribution in [0.3, 0.4) is 0 Å². The third kappa shape index (κ3) is 5.93. The van der Waals surface area contributed by atoms with E-state index in [9.17, 15) is 9.18 Å². The van der Waals surface area contributed by atoms with E-state index in [-0.39, 0.29) is 11.5 Å². The van der Waals surface area contributed by atoms with Gasteiger partial charge in [-0.2, -0.15) is 0 Å². The van der Waals surface area contributed by atoms with Crippen LogP contribution in [0.2, 0.25) is 0 Å². The molecule has 2 aliphatic heterocycles. The molecule has 0 unspecified atom stereocenters. The third-order valence-corrected chi connectivity index (χ3v) is 4.91. The van der Waals surface area contributed by atoms with E-state index in [2.05, 4.69) is 20.5 Å². The fourth-order valence-corrected chi connectivity index (χ4v) is 3.31. The molecule has 0 spiro atoms. The second kappa shape index (κ2) is 10.2. The van der Waals surface area contributed by atoms with Gasteiger partial charge in [0, 0.05) is 37.0 Å². The van der Waals surface area contributed by atoms with Crippen LogP contribution in [0.4, 0.5) is 10.1 Å². The summed E-state index contributed by atoms with van der Waals surface area (Å²) in [6.07, 6.45) is 0. The fourth-order valence-electron chi connectivity index (χ4n) is 3.31. The monoisotopic (exact) mass is 428 g/mol. The number of carbonyl (C=O) groups is 1. The molecule has 2 aromatic carbocycles. The zero-order chi connectivity index (χ0) is 21.5. The van der Waals surface area contributed by atoms with Crippen LogP contribution in [-0.2, 0) is 4.74 Å². The van der Waals surface area contributed by atoms with Gasteiger partial charge in [0.15, 0.2) is 11.5 Å². The van der Waals surface area contributed by atoms with Crippen LogP contribution < -0.4 is 20.1 Å². The van der Waals surface area contributed by atoms with Crippen molar-refractivity contribution in [2.45, 2.75) is 0 Å². The lowest BCUT2D eigenvalue weighted by Gasteiger charge is -2.25. The normalized spacial score (nSPS) is 16.6. The summed E-state index contributed by atoms with van der Waals surface area (Å²) in [5, 5.41) is 5.87. The number of morpholine rings is 1. The molecule has 1 fully saturated rings. The highest BCUT2D eigenvalue weighted by molar-refractivity contribution is 6.10. The van der Waals surface area contributed by atoms with Gasteiger partial charge in [-0.25, -0.2) is 4.39 Å². The van der Waals surface area contributed by atoms with Gasteiger partial charge in [0.25, 0.3) is 5.91 Å². The topological polar surface area (TPSA) is 84.4 Å². The average molecular weight is 428 g/mol. The van der Waals surface area contributed by atoms with Gasteiger partial charge in [-0.05, 0) is 30.3 Å². The molecule has 8 nitrogen and oxygen atoms in total. The van der Waals surface area contributed by atoms with Crippen molar-refractivity contribution in [3.63, 3.8) is 0 Å². The first-order valence-corrected chi connectivity index (χ1v) is 10.3. The van der Waals surface area contributed by atoms with Crippen molar-refractivity contribution >= 4 is 17.6 Å². The number of hydrogen-bond donors (Lipinski definition) is 2. The number of halogens is 1. The number of fused-ring (bicyclic) bond motifs is 1. The zero-order valence-corrected chi connectivity index (χ0v) is 17.1. The highest BCUT2D eigenvalue weighted by Crippen LogP contribution is 2.32. The van der Waals surface area contributed by atoms with Crippen LogP contribution >= 0.6 is 0 Å². The summed E-state index contributed by atoms with van der Waals surface area (Å²) in [7, 11) is 0. The van der Waals surface area contributed by atoms with E-state index in [4.69, 9.17) is 14.2 Å². The molecule has 0 bridgehead atoms. The number of anilines is 1. The lowest BCUT2D eigenvalue weighted by Crippen LogP contribution is -2.39. The number of rotatable bonds is 5. The van der Waals surface area contributed by atoms with E-state index >= 15 is 0 Å². The summed E-state index contributed by atoms with van der Waals surface area (Å²) in [5.74, 6) is 0.652. The van der Waals surface area contributed by atoms with E-state index in [1.165, 1.54) is 18.2 Å². The van der Waals surface area contributed by atoms with E-state index in [0.29, 0.717) is 50.2 Å². The minimum absolute atomic E-state index is 0.213. The Morgan fingerprint density at radius 2 is 1.84 bits per heavy atom. The number of ether oxygens (including phenoxy) is 3. The Morgan fingerprint density at radius 3 is 2.65 bits per heavy atom. The van der Waals surface area contributed by atoms with Gasteiger partial charge in [0.1, 0.15) is 19.0 Å². The minimum Gasteiger partial charge on any atom is -0.486 e. The van der Waals surface area contributed by atoms with Crippen molar-refractivity contribution in [1.82, 2.24) is 10.2 Å². The van der Waals surface area contributed by atoms with Crippen LogP contribution in [0, 0.1) is 5.82 Å². The number of nitrogens with zero attached hydrogens (tertiary/aromatic N) is 2. The quantitative estimate of drug-likeness (QED) is 0.561. The number of aliphatic imine (C=N–C) groups is 1. The van der Waals surface area contributed by atoms with Crippen molar-refractivity contribution < 1.29 is 23.4 Å². The molecule has 164 valence electrons. The van der Waals surface area contributed by atoms with Crippen molar-refractivity contribution in [3.05, 3.63) is 53.8 Å². The SMILES string of the molecule is O=C(NC(=NCCN1CCOCC1)Nc1ccc2c(c1)OCCO2)c1cccc(F)c1. The number of guanidine groups is 1. The molecular formula is C22H25FN4O4. The molecule has 1 amide bonds. The highest BCUT2D eigenvalue weighted by Gasteiger charge is 2.15. The van der Waals surface area contributed by atoms with Gasteiger partial charge in [-0.1, -0.05) is 6.07 Å². The highest BCUT2D eigenvalue weighted by atomic mass is 19.1. The number of benzene rings is 2. The lowest BCUT2D eigenvalue weighted by molar-refractivity contribution is 0.0394. The minimum atomic E-state index is -0.474. The summed E-state index contributed by atoms with van der Waals surface area (Å²) in [6, 6.07) is 10.9. The number of amides is 1. The molecule has 2 aliphatic rings. The molecule has 9 heteroatoms. The standard InChI is InChI=1S/C22H25FN4O4/c23-17-3-1-2-16(14-17)21(28)26-22(24-6-7-27-8-10-29-11-9-27)25-18-4-5-19-20(15-18)31-13-12-30-19/h1-5,14-15H,6-13H2,(H2,24,25,26,28). The Kier molecular flexibility index (Phi) is 6.96. The molecule has 0 saturated carbocycles. The molecular weight excluding hydrogens is 403 g/mol. The number of nitrogens with one attached hydrogen (secondary N) is 2. The predicted octanol–water partition coefficient (Wildman–Crippen LogP) is 2.13. The molecule has 31 heavy (non-hydrogen) atoms. The Morgan fingerprint density at radius 1 is 1.03 bits per heavy atom. The maximum atomic E-state index is 13.5. The Hall–Kier alpha value is -3.17. The first-order chi connectivity index (χ1) is 15.2. The maximum Gasteiger partial charge on any atom is 0.258 e. The van der Waals surface area contributed by atoms with Crippen LogP contribution in [0.5, 0.6) is 11.5 Å². The van der Waals surface area contributed by atoms with Gasteiger partial charge < -0.3 is 19.5 Å². The predicted molar refractivity (Wildman–Crippen MR) is 114 cm³/mol. The summed E-state index contributed by atoms with van der Waals surface area (Å²) in [5.41, 5.74) is 0.902. The van der Waals surface area contributed by atoms with Crippen molar-refractivity contribution in [2.75, 3.05) is 57.9 Å². The lowest BCUT2D eigenvalue weighted by atomic mass is 10.2. The first kappa shape index (κ1) is 21.1. The van der Waals surface area contributed by atoms with Crippen molar-refractivity contribution in [3.8, 4) is 11.5 Å². The molecule has 0 atom stereocenters. The first-order valence-electron chi connectivity index (χ1n) is 10.3. The smallest absolute Gasteiger partial charge is 0.258 e. The van der Waals surface area contributed by atoms with Crippen LogP contribution in [0.15, 0.2) is 47.5 Å². The van der Waals surface area contributed by atoms with E-state index in [0.717, 1.165) is 19.6 Å². The summed E-state index contributed by atoms with van der Waals surface area (Å²) in [6.45, 7) is 5.35. The fraction of sp³-hybridized carbons (Fsp3) is 0.364. The molecule has 0 aromatic heterocycles. The zero-order valence-electron chi connectivity index (χ0n) is 17.1. The molecule has 2 heterocycles. The second-order valence-corrected chi connectivity index (χ2v) is 7.13. The summed E-state index contributed by atoms with van der Waals surface area (Å²) in [4.78, 5) is 19.4. The number of hydrogen-bond acceptors (Lipinski definition) is 6. The molecule has 2 aromatic rings. The van der Waals surface area contributed by atoms with Crippen molar-refractivity contribution in [1.29, 1.82) is 0 Å². The molecule has 4 rings (SSSR count). The van der Waals surface area contributed by atoms with Crippen molar-refractivity contribution in [2.24, 2.45) is 4.99 Å². The molecule has 1 saturated heterocycles. The molecule has 0 aliphatic carbocycles. The maximum absolute atomic E-state index is 13.5. The van der Waals surface area contributed by atoms with Crippen LogP contribution in [0.25, 0.3) is 0 Å². The van der Waals surface area contributed by atoms with E-state index < -0.39 is 11.7 Å². The summed E-state index contributed by atoms with van der Waals surface area (Å²) < 4.78 is 30.0. The van der Waals surface area contributed by atoms with Gasteiger partial charge in [0.05, 0.1) is 19.8 Å². The van der Waals surface area contributed by atoms with Crippen LogP contribution in [-0.4, -0.2) is 69.4 Å². The Balaban J connectivity index is 1.47. The van der Waals surface area contributed by atoms with Gasteiger partial charge >= 0.3 is 0 Å². The second-order valence-electron chi connectivity index (χ2n) is 7.13.